The van der Waals surface area contributed by atoms with Crippen LogP contribution in [0.3, 0.4) is 0 Å². The molecule has 1 fully saturated rings. The Morgan fingerprint density at radius 1 is 1.38 bits per heavy atom. The maximum absolute atomic E-state index is 12.2. The summed E-state index contributed by atoms with van der Waals surface area (Å²) in [6.45, 7) is 0.899. The number of hydrogen-bond donors (Lipinski definition) is 1. The van der Waals surface area contributed by atoms with Gasteiger partial charge in [0.15, 0.2) is 0 Å². The maximum Gasteiger partial charge on any atom is 0.321 e. The van der Waals surface area contributed by atoms with Crippen molar-refractivity contribution in [2.24, 2.45) is 0 Å². The van der Waals surface area contributed by atoms with Crippen molar-refractivity contribution < 1.29 is 14.3 Å². The maximum atomic E-state index is 12.2. The number of ether oxygens (including phenoxy) is 1. The summed E-state index contributed by atoms with van der Waals surface area (Å²) in [6, 6.07) is 4.59. The van der Waals surface area contributed by atoms with Gasteiger partial charge in [-0.25, -0.2) is 4.79 Å². The standard InChI is InChI=1S/C13H14Cl2N2O3S/c1-20-12(18)11-7-17(4-5-21-11)13(19)16-8-2-3-9(14)10(15)6-8/h2-3,6,11H,4-5,7H2,1H3,(H,16,19)/t11-/m1/s1. The van der Waals surface area contributed by atoms with Crippen LogP contribution in [0.25, 0.3) is 0 Å². The number of benzene rings is 1. The second kappa shape index (κ2) is 7.24. The van der Waals surface area contributed by atoms with E-state index in [2.05, 4.69) is 5.32 Å². The van der Waals surface area contributed by atoms with Crippen molar-refractivity contribution in [2.45, 2.75) is 5.25 Å². The number of hydrogen-bond acceptors (Lipinski definition) is 4. The van der Waals surface area contributed by atoms with Gasteiger partial charge in [-0.05, 0) is 18.2 Å². The molecule has 0 aliphatic carbocycles. The molecule has 1 saturated heterocycles. The molecule has 0 saturated carbocycles. The highest BCUT2D eigenvalue weighted by molar-refractivity contribution is 8.00. The highest BCUT2D eigenvalue weighted by Crippen LogP contribution is 2.26. The Morgan fingerprint density at radius 3 is 2.81 bits per heavy atom. The summed E-state index contributed by atoms with van der Waals surface area (Å²) in [6.07, 6.45) is 0. The van der Waals surface area contributed by atoms with E-state index in [-0.39, 0.29) is 17.3 Å². The van der Waals surface area contributed by atoms with Gasteiger partial charge in [0.2, 0.25) is 0 Å². The van der Waals surface area contributed by atoms with Crippen molar-refractivity contribution in [3.8, 4) is 0 Å². The number of thioether (sulfide) groups is 1. The zero-order valence-corrected chi connectivity index (χ0v) is 13.6. The van der Waals surface area contributed by atoms with E-state index < -0.39 is 0 Å². The quantitative estimate of drug-likeness (QED) is 0.834. The van der Waals surface area contributed by atoms with Crippen molar-refractivity contribution in [3.63, 3.8) is 0 Å². The van der Waals surface area contributed by atoms with Crippen molar-refractivity contribution in [1.29, 1.82) is 0 Å². The Balaban J connectivity index is 1.99. The van der Waals surface area contributed by atoms with Gasteiger partial charge in [-0.2, -0.15) is 0 Å². The zero-order chi connectivity index (χ0) is 15.4. The average Bonchev–Trinajstić information content (AvgIpc) is 2.50. The van der Waals surface area contributed by atoms with Crippen LogP contribution in [-0.4, -0.2) is 48.1 Å². The first-order chi connectivity index (χ1) is 10.0. The molecular weight excluding hydrogens is 335 g/mol. The summed E-state index contributed by atoms with van der Waals surface area (Å²) in [5.41, 5.74) is 0.558. The molecular formula is C13H14Cl2N2O3S. The van der Waals surface area contributed by atoms with Crippen LogP contribution < -0.4 is 5.32 Å². The average molecular weight is 349 g/mol. The highest BCUT2D eigenvalue weighted by atomic mass is 35.5. The van der Waals surface area contributed by atoms with Gasteiger partial charge in [0, 0.05) is 24.5 Å². The number of carbonyl (C=O) groups excluding carboxylic acids is 2. The van der Waals surface area contributed by atoms with Crippen LogP contribution in [0, 0.1) is 0 Å². The second-order valence-corrected chi connectivity index (χ2v) is 6.51. The van der Waals surface area contributed by atoms with E-state index in [0.717, 1.165) is 0 Å². The van der Waals surface area contributed by atoms with Gasteiger partial charge in [0.05, 0.1) is 17.2 Å². The van der Waals surface area contributed by atoms with Crippen LogP contribution in [0.1, 0.15) is 0 Å². The zero-order valence-electron chi connectivity index (χ0n) is 11.3. The van der Waals surface area contributed by atoms with Crippen LogP contribution in [0.5, 0.6) is 0 Å². The minimum Gasteiger partial charge on any atom is -0.468 e. The number of halogens is 2. The molecule has 1 N–H and O–H groups in total. The number of rotatable bonds is 2. The monoisotopic (exact) mass is 348 g/mol. The van der Waals surface area contributed by atoms with Crippen molar-refractivity contribution >= 4 is 52.7 Å². The molecule has 0 aromatic heterocycles. The molecule has 1 aliphatic heterocycles. The molecule has 0 radical (unpaired) electrons. The molecule has 2 rings (SSSR count). The topological polar surface area (TPSA) is 58.6 Å². The molecule has 21 heavy (non-hydrogen) atoms. The van der Waals surface area contributed by atoms with Gasteiger partial charge in [-0.15, -0.1) is 11.8 Å². The fourth-order valence-electron chi connectivity index (χ4n) is 1.88. The molecule has 5 nitrogen and oxygen atoms in total. The number of urea groups is 1. The van der Waals surface area contributed by atoms with Crippen LogP contribution >= 0.6 is 35.0 Å². The van der Waals surface area contributed by atoms with E-state index in [4.69, 9.17) is 27.9 Å². The van der Waals surface area contributed by atoms with E-state index in [1.807, 2.05) is 0 Å². The lowest BCUT2D eigenvalue weighted by atomic mass is 10.3. The minimum atomic E-state index is -0.344. The predicted molar refractivity (Wildman–Crippen MR) is 85.3 cm³/mol. The number of nitrogens with one attached hydrogen (secondary N) is 1. The molecule has 2 amide bonds. The van der Waals surface area contributed by atoms with Crippen molar-refractivity contribution in [3.05, 3.63) is 28.2 Å². The van der Waals surface area contributed by atoms with Crippen LogP contribution in [0.15, 0.2) is 18.2 Å². The summed E-state index contributed by atoms with van der Waals surface area (Å²) in [5, 5.41) is 3.19. The van der Waals surface area contributed by atoms with E-state index in [1.54, 1.807) is 23.1 Å². The van der Waals surface area contributed by atoms with Gasteiger partial charge in [0.25, 0.3) is 0 Å². The molecule has 0 unspecified atom stereocenters. The molecule has 1 aliphatic rings. The van der Waals surface area contributed by atoms with E-state index in [9.17, 15) is 9.59 Å². The summed E-state index contributed by atoms with van der Waals surface area (Å²) < 4.78 is 4.71. The second-order valence-electron chi connectivity index (χ2n) is 4.39. The molecule has 1 atom stereocenters. The third kappa shape index (κ3) is 4.18. The highest BCUT2D eigenvalue weighted by Gasteiger charge is 2.29. The van der Waals surface area contributed by atoms with Gasteiger partial charge < -0.3 is 15.0 Å². The number of esters is 1. The number of nitrogens with zero attached hydrogens (tertiary/aromatic N) is 1. The Morgan fingerprint density at radius 2 is 2.14 bits per heavy atom. The summed E-state index contributed by atoms with van der Waals surface area (Å²) >= 11 is 13.2. The van der Waals surface area contributed by atoms with Gasteiger partial charge in [-0.1, -0.05) is 23.2 Å². The summed E-state index contributed by atoms with van der Waals surface area (Å²) in [7, 11) is 1.34. The van der Waals surface area contributed by atoms with Gasteiger partial charge in [-0.3, -0.25) is 4.79 Å². The first kappa shape index (κ1) is 16.3. The number of anilines is 1. The molecule has 8 heteroatoms. The normalized spacial score (nSPS) is 18.2. The van der Waals surface area contributed by atoms with E-state index in [1.165, 1.54) is 18.9 Å². The summed E-state index contributed by atoms with van der Waals surface area (Å²) in [5.74, 6) is 0.376. The SMILES string of the molecule is COC(=O)[C@H]1CN(C(=O)Nc2ccc(Cl)c(Cl)c2)CCS1. The van der Waals surface area contributed by atoms with Gasteiger partial charge >= 0.3 is 12.0 Å². The smallest absolute Gasteiger partial charge is 0.321 e. The lowest BCUT2D eigenvalue weighted by Crippen LogP contribution is -2.46. The molecule has 0 bridgehead atoms. The lowest BCUT2D eigenvalue weighted by Gasteiger charge is -2.31. The number of amides is 2. The molecule has 0 spiro atoms. The third-order valence-corrected chi connectivity index (χ3v) is 4.89. The Labute approximate surface area is 136 Å². The molecule has 1 aromatic rings. The molecule has 114 valence electrons. The van der Waals surface area contributed by atoms with Crippen LogP contribution in [0.4, 0.5) is 10.5 Å². The first-order valence-corrected chi connectivity index (χ1v) is 8.02. The van der Waals surface area contributed by atoms with Crippen molar-refractivity contribution in [1.82, 2.24) is 4.90 Å². The van der Waals surface area contributed by atoms with Crippen molar-refractivity contribution in [2.75, 3.05) is 31.3 Å². The van der Waals surface area contributed by atoms with Gasteiger partial charge in [0.1, 0.15) is 5.25 Å². The fraction of sp³-hybridized carbons (Fsp3) is 0.385. The Hall–Kier alpha value is -1.11. The van der Waals surface area contributed by atoms with Crippen LogP contribution in [0.2, 0.25) is 10.0 Å². The lowest BCUT2D eigenvalue weighted by molar-refractivity contribution is -0.140. The molecule has 1 aromatic carbocycles. The number of methoxy groups -OCH3 is 1. The predicted octanol–water partition coefficient (Wildman–Crippen LogP) is 3.12. The first-order valence-electron chi connectivity index (χ1n) is 6.21. The van der Waals surface area contributed by atoms with E-state index >= 15 is 0 Å². The summed E-state index contributed by atoms with van der Waals surface area (Å²) in [4.78, 5) is 25.3. The Kier molecular flexibility index (Phi) is 5.61. The van der Waals surface area contributed by atoms with E-state index in [0.29, 0.717) is 34.6 Å². The largest absolute Gasteiger partial charge is 0.468 e. The molecule has 1 heterocycles. The number of carbonyl (C=O) groups is 2. The minimum absolute atomic E-state index is 0.275. The fourth-order valence-corrected chi connectivity index (χ4v) is 3.31. The van der Waals surface area contributed by atoms with Crippen LogP contribution in [-0.2, 0) is 9.53 Å². The Bertz CT molecular complexity index is 556. The third-order valence-electron chi connectivity index (χ3n) is 2.99.